The summed E-state index contributed by atoms with van der Waals surface area (Å²) in [5, 5.41) is 4.92. The zero-order chi connectivity index (χ0) is 35.3. The van der Waals surface area contributed by atoms with Crippen LogP contribution in [0.25, 0.3) is 47.7 Å². The summed E-state index contributed by atoms with van der Waals surface area (Å²) in [5.41, 5.74) is 10.0. The van der Waals surface area contributed by atoms with Gasteiger partial charge in [0, 0.05) is 65.2 Å². The SMILES string of the molecule is c1ccc(N(c2ccccc2)c2ccc3c4cc5c(cc4n(-c4ccccc4)c3c2)Oc2cccc3c2B5c2cc4c(cc2O3)sc2ccccc24)cc1. The third-order valence-electron chi connectivity index (χ3n) is 11.1. The molecule has 252 valence electrons. The maximum Gasteiger partial charge on any atom is 0.260 e. The van der Waals surface area contributed by atoms with Gasteiger partial charge in [-0.25, -0.2) is 0 Å². The van der Waals surface area contributed by atoms with Crippen molar-refractivity contribution in [3.63, 3.8) is 0 Å². The molecule has 10 aromatic rings. The predicted octanol–water partition coefficient (Wildman–Crippen LogP) is 11.3. The van der Waals surface area contributed by atoms with E-state index < -0.39 is 0 Å². The molecule has 0 N–H and O–H groups in total. The van der Waals surface area contributed by atoms with Crippen LogP contribution in [0.3, 0.4) is 0 Å². The smallest absolute Gasteiger partial charge is 0.260 e. The van der Waals surface area contributed by atoms with Gasteiger partial charge in [-0.1, -0.05) is 97.1 Å². The summed E-state index contributed by atoms with van der Waals surface area (Å²) in [6, 6.07) is 62.8. The number of nitrogens with zero attached hydrogens (tertiary/aromatic N) is 2. The van der Waals surface area contributed by atoms with Crippen molar-refractivity contribution in [2.75, 3.05) is 4.90 Å². The second-order valence-corrected chi connectivity index (χ2v) is 15.2. The summed E-state index contributed by atoms with van der Waals surface area (Å²) in [5.74, 6) is 3.48. The number of anilines is 3. The number of rotatable bonds is 4. The average Bonchev–Trinajstić information content (AvgIpc) is 3.74. The number of ether oxygens (including phenoxy) is 2. The Kier molecular flexibility index (Phi) is 6.27. The van der Waals surface area contributed by atoms with Crippen molar-refractivity contribution in [3.8, 4) is 28.7 Å². The number of para-hydroxylation sites is 3. The molecular weight excluding hydrogens is 679 g/mol. The van der Waals surface area contributed by atoms with E-state index in [9.17, 15) is 0 Å². The fraction of sp³-hybridized carbons (Fsp3) is 0. The van der Waals surface area contributed by atoms with Gasteiger partial charge in [0.15, 0.2) is 0 Å². The van der Waals surface area contributed by atoms with Gasteiger partial charge < -0.3 is 18.9 Å². The standard InChI is InChI=1S/C48H29BN2O2S/c1-4-13-30(14-5-1)50(31-15-6-2-7-16-31)33-23-24-34-36-26-38-44(28-41(36)51(40(34)25-33)32-17-8-3-9-18-32)52-42-20-12-21-43-48(42)49(38)39-27-37-35-19-10-11-22-46(35)54-47(37)29-45(39)53-43/h1-29H. The van der Waals surface area contributed by atoms with E-state index in [0.29, 0.717) is 0 Å². The van der Waals surface area contributed by atoms with Gasteiger partial charge in [-0.05, 0) is 83.7 Å². The molecule has 4 nitrogen and oxygen atoms in total. The lowest BCUT2D eigenvalue weighted by atomic mass is 9.34. The summed E-state index contributed by atoms with van der Waals surface area (Å²) in [6.07, 6.45) is 0. The molecule has 0 saturated carbocycles. The van der Waals surface area contributed by atoms with Crippen molar-refractivity contribution in [2.45, 2.75) is 0 Å². The Balaban J connectivity index is 1.12. The highest BCUT2D eigenvalue weighted by Gasteiger charge is 2.41. The zero-order valence-corrected chi connectivity index (χ0v) is 29.8. The highest BCUT2D eigenvalue weighted by atomic mass is 32.1. The lowest BCUT2D eigenvalue weighted by Crippen LogP contribution is -2.57. The van der Waals surface area contributed by atoms with Gasteiger partial charge in [-0.3, -0.25) is 0 Å². The van der Waals surface area contributed by atoms with E-state index >= 15 is 0 Å². The van der Waals surface area contributed by atoms with Gasteiger partial charge in [-0.2, -0.15) is 0 Å². The molecule has 12 rings (SSSR count). The van der Waals surface area contributed by atoms with Crippen LogP contribution in [0, 0.1) is 0 Å². The molecule has 8 aromatic carbocycles. The van der Waals surface area contributed by atoms with Crippen LogP contribution in [0.1, 0.15) is 0 Å². The Morgan fingerprint density at radius 3 is 1.76 bits per heavy atom. The lowest BCUT2D eigenvalue weighted by Gasteiger charge is -2.33. The highest BCUT2D eigenvalue weighted by Crippen LogP contribution is 2.43. The first-order valence-corrected chi connectivity index (χ1v) is 19.1. The number of fused-ring (bicyclic) bond motifs is 10. The van der Waals surface area contributed by atoms with E-state index in [1.165, 1.54) is 36.4 Å². The van der Waals surface area contributed by atoms with E-state index in [1.54, 1.807) is 0 Å². The summed E-state index contributed by atoms with van der Waals surface area (Å²) in [7, 11) is 0. The van der Waals surface area contributed by atoms with Crippen molar-refractivity contribution < 1.29 is 9.47 Å². The average molecular weight is 709 g/mol. The fourth-order valence-corrected chi connectivity index (χ4v) is 9.86. The Morgan fingerprint density at radius 1 is 0.426 bits per heavy atom. The van der Waals surface area contributed by atoms with Crippen LogP contribution in [-0.4, -0.2) is 11.3 Å². The van der Waals surface area contributed by atoms with E-state index in [1.807, 2.05) is 17.4 Å². The number of aromatic nitrogens is 1. The van der Waals surface area contributed by atoms with Crippen LogP contribution in [0.5, 0.6) is 23.0 Å². The summed E-state index contributed by atoms with van der Waals surface area (Å²) in [4.78, 5) is 2.33. The van der Waals surface area contributed by atoms with Crippen molar-refractivity contribution in [1.29, 1.82) is 0 Å². The molecule has 2 aliphatic rings. The molecule has 0 aliphatic carbocycles. The lowest BCUT2D eigenvalue weighted by molar-refractivity contribution is 0.465. The molecule has 6 heteroatoms. The molecule has 2 aromatic heterocycles. The van der Waals surface area contributed by atoms with Crippen LogP contribution < -0.4 is 30.8 Å². The second kappa shape index (κ2) is 11.4. The number of thiophene rings is 1. The first-order chi connectivity index (χ1) is 26.8. The molecule has 0 spiro atoms. The van der Waals surface area contributed by atoms with Crippen LogP contribution in [-0.2, 0) is 0 Å². The minimum atomic E-state index is -0.0442. The zero-order valence-electron chi connectivity index (χ0n) is 28.9. The summed E-state index contributed by atoms with van der Waals surface area (Å²) >= 11 is 1.82. The first kappa shape index (κ1) is 29.8. The van der Waals surface area contributed by atoms with Crippen LogP contribution in [0.4, 0.5) is 17.1 Å². The van der Waals surface area contributed by atoms with Gasteiger partial charge in [0.1, 0.15) is 23.0 Å². The number of hydrogen-bond acceptors (Lipinski definition) is 4. The maximum atomic E-state index is 6.86. The molecule has 0 amide bonds. The number of hydrogen-bond donors (Lipinski definition) is 0. The minimum absolute atomic E-state index is 0.0442. The molecule has 0 radical (unpaired) electrons. The minimum Gasteiger partial charge on any atom is -0.458 e. The Bertz CT molecular complexity index is 3080. The molecule has 2 aliphatic heterocycles. The third-order valence-corrected chi connectivity index (χ3v) is 12.2. The van der Waals surface area contributed by atoms with Crippen LogP contribution in [0.2, 0.25) is 0 Å². The predicted molar refractivity (Wildman–Crippen MR) is 226 cm³/mol. The molecule has 54 heavy (non-hydrogen) atoms. The largest absolute Gasteiger partial charge is 0.458 e. The molecule has 0 bridgehead atoms. The van der Waals surface area contributed by atoms with E-state index in [0.717, 1.165) is 67.7 Å². The van der Waals surface area contributed by atoms with Crippen molar-refractivity contribution in [1.82, 2.24) is 4.57 Å². The van der Waals surface area contributed by atoms with Crippen LogP contribution >= 0.6 is 11.3 Å². The fourth-order valence-electron chi connectivity index (χ4n) is 8.74. The monoisotopic (exact) mass is 708 g/mol. The van der Waals surface area contributed by atoms with Gasteiger partial charge in [0.05, 0.1) is 11.0 Å². The topological polar surface area (TPSA) is 26.6 Å². The molecule has 0 saturated heterocycles. The van der Waals surface area contributed by atoms with Gasteiger partial charge >= 0.3 is 0 Å². The molecule has 0 unspecified atom stereocenters. The Morgan fingerprint density at radius 2 is 1.04 bits per heavy atom. The molecule has 0 fully saturated rings. The third kappa shape index (κ3) is 4.32. The molecular formula is C48H29BN2O2S. The quantitative estimate of drug-likeness (QED) is 0.170. The van der Waals surface area contributed by atoms with Gasteiger partial charge in [0.2, 0.25) is 0 Å². The normalized spacial score (nSPS) is 12.7. The Labute approximate surface area is 315 Å². The summed E-state index contributed by atoms with van der Waals surface area (Å²) in [6.45, 7) is -0.0442. The number of benzene rings is 8. The van der Waals surface area contributed by atoms with Crippen molar-refractivity contribution >= 4 is 93.5 Å². The van der Waals surface area contributed by atoms with Gasteiger partial charge in [-0.15, -0.1) is 11.3 Å². The van der Waals surface area contributed by atoms with E-state index in [2.05, 4.69) is 179 Å². The molecule has 4 heterocycles. The van der Waals surface area contributed by atoms with Crippen molar-refractivity contribution in [2.24, 2.45) is 0 Å². The summed E-state index contributed by atoms with van der Waals surface area (Å²) < 4.78 is 18.5. The Hall–Kier alpha value is -6.76. The van der Waals surface area contributed by atoms with Gasteiger partial charge in [0.25, 0.3) is 6.71 Å². The first-order valence-electron chi connectivity index (χ1n) is 18.3. The highest BCUT2D eigenvalue weighted by molar-refractivity contribution is 7.25. The van der Waals surface area contributed by atoms with Crippen molar-refractivity contribution in [3.05, 3.63) is 176 Å². The van der Waals surface area contributed by atoms with Crippen LogP contribution in [0.15, 0.2) is 176 Å². The van der Waals surface area contributed by atoms with E-state index in [-0.39, 0.29) is 6.71 Å². The maximum absolute atomic E-state index is 6.86. The molecule has 0 atom stereocenters. The van der Waals surface area contributed by atoms with E-state index in [4.69, 9.17) is 9.47 Å². The second-order valence-electron chi connectivity index (χ2n) is 14.1.